The van der Waals surface area contributed by atoms with Crippen molar-refractivity contribution in [2.24, 2.45) is 0 Å². The number of fused-ring (bicyclic) bond motifs is 1. The molecule has 4 nitrogen and oxygen atoms in total. The van der Waals surface area contributed by atoms with E-state index in [4.69, 9.17) is 0 Å². The van der Waals surface area contributed by atoms with Gasteiger partial charge in [-0.3, -0.25) is 4.79 Å². The van der Waals surface area contributed by atoms with Crippen LogP contribution in [0.2, 0.25) is 0 Å². The first kappa shape index (κ1) is 11.8. The van der Waals surface area contributed by atoms with Crippen LogP contribution in [0, 0.1) is 0 Å². The second-order valence-electron chi connectivity index (χ2n) is 4.91. The number of carbonyl (C=O) groups is 1. The quantitative estimate of drug-likeness (QED) is 0.823. The van der Waals surface area contributed by atoms with Crippen molar-refractivity contribution in [1.29, 1.82) is 0 Å². The van der Waals surface area contributed by atoms with Gasteiger partial charge < -0.3 is 9.67 Å². The zero-order chi connectivity index (χ0) is 12.6. The molecule has 0 atom stereocenters. The number of hydrogen-bond donors (Lipinski definition) is 1. The Morgan fingerprint density at radius 3 is 2.82 bits per heavy atom. The molecule has 0 aliphatic heterocycles. The molecule has 2 aromatic heterocycles. The van der Waals surface area contributed by atoms with E-state index in [-0.39, 0.29) is 5.78 Å². The number of carbonyl (C=O) groups excluding carboxylic acids is 1. The fraction of sp³-hybridized carbons (Fsp3) is 0.385. The van der Waals surface area contributed by atoms with Gasteiger partial charge in [0, 0.05) is 23.3 Å². The molecule has 17 heavy (non-hydrogen) atoms. The number of hydrogen-bond acceptors (Lipinski definition) is 3. The Hall–Kier alpha value is -1.68. The predicted molar refractivity (Wildman–Crippen MR) is 66.0 cm³/mol. The number of nitrogens with zero attached hydrogens (tertiary/aromatic N) is 2. The summed E-state index contributed by atoms with van der Waals surface area (Å²) in [6.07, 6.45) is 3.45. The van der Waals surface area contributed by atoms with E-state index >= 15 is 0 Å². The number of pyridine rings is 1. The lowest BCUT2D eigenvalue weighted by Gasteiger charge is -2.18. The number of rotatable bonds is 3. The molecule has 0 aromatic carbocycles. The Labute approximate surface area is 99.9 Å². The Bertz CT molecular complexity index is 564. The van der Waals surface area contributed by atoms with Crippen molar-refractivity contribution >= 4 is 16.8 Å². The average Bonchev–Trinajstić information content (AvgIpc) is 2.55. The molecule has 2 aromatic rings. The van der Waals surface area contributed by atoms with E-state index in [0.29, 0.717) is 12.1 Å². The maximum atomic E-state index is 11.5. The van der Waals surface area contributed by atoms with Crippen molar-refractivity contribution in [2.45, 2.75) is 32.9 Å². The van der Waals surface area contributed by atoms with Crippen molar-refractivity contribution in [1.82, 2.24) is 9.55 Å². The number of ketones is 1. The molecule has 0 radical (unpaired) electrons. The fourth-order valence-corrected chi connectivity index (χ4v) is 1.94. The Balaban J connectivity index is 2.61. The molecular weight excluding hydrogens is 216 g/mol. The summed E-state index contributed by atoms with van der Waals surface area (Å²) >= 11 is 0. The number of Topliss-reactive ketones (excluding diaryl/α,β-unsaturated/α-hetero) is 1. The molecule has 0 aliphatic rings. The molecule has 1 N–H and O–H groups in total. The van der Waals surface area contributed by atoms with Crippen LogP contribution >= 0.6 is 0 Å². The van der Waals surface area contributed by atoms with E-state index in [9.17, 15) is 9.90 Å². The molecule has 0 saturated heterocycles. The summed E-state index contributed by atoms with van der Waals surface area (Å²) in [5, 5.41) is 10.7. The van der Waals surface area contributed by atoms with Gasteiger partial charge in [-0.25, -0.2) is 4.98 Å². The van der Waals surface area contributed by atoms with Gasteiger partial charge in [-0.1, -0.05) is 0 Å². The number of aromatic nitrogens is 2. The van der Waals surface area contributed by atoms with Crippen LogP contribution in [0.4, 0.5) is 0 Å². The van der Waals surface area contributed by atoms with E-state index in [2.05, 4.69) is 4.98 Å². The van der Waals surface area contributed by atoms with Crippen LogP contribution in [-0.2, 0) is 6.54 Å². The van der Waals surface area contributed by atoms with Crippen LogP contribution in [0.3, 0.4) is 0 Å². The first-order chi connectivity index (χ1) is 7.88. The van der Waals surface area contributed by atoms with Crippen LogP contribution in [-0.4, -0.2) is 26.0 Å². The van der Waals surface area contributed by atoms with Crippen LogP contribution in [0.1, 0.15) is 31.1 Å². The summed E-state index contributed by atoms with van der Waals surface area (Å²) in [7, 11) is 0. The van der Waals surface area contributed by atoms with Gasteiger partial charge in [-0.2, -0.15) is 0 Å². The average molecular weight is 232 g/mol. The molecule has 0 aliphatic carbocycles. The van der Waals surface area contributed by atoms with Crippen LogP contribution in [0.25, 0.3) is 11.0 Å². The summed E-state index contributed by atoms with van der Waals surface area (Å²) < 4.78 is 1.83. The molecule has 2 heterocycles. The van der Waals surface area contributed by atoms with Gasteiger partial charge in [-0.05, 0) is 32.9 Å². The minimum atomic E-state index is -0.836. The Morgan fingerprint density at radius 2 is 2.24 bits per heavy atom. The zero-order valence-corrected chi connectivity index (χ0v) is 10.3. The Kier molecular flexibility index (Phi) is 2.75. The van der Waals surface area contributed by atoms with Crippen molar-refractivity contribution in [3.63, 3.8) is 0 Å². The molecule has 90 valence electrons. The lowest BCUT2D eigenvalue weighted by molar-refractivity contribution is 0.0625. The maximum Gasteiger partial charge on any atom is 0.162 e. The van der Waals surface area contributed by atoms with Crippen molar-refractivity contribution in [2.75, 3.05) is 0 Å². The first-order valence-corrected chi connectivity index (χ1v) is 5.56. The lowest BCUT2D eigenvalue weighted by atomic mass is 10.1. The summed E-state index contributed by atoms with van der Waals surface area (Å²) in [5.41, 5.74) is 0.550. The largest absolute Gasteiger partial charge is 0.389 e. The molecule has 0 spiro atoms. The van der Waals surface area contributed by atoms with E-state index in [1.807, 2.05) is 16.7 Å². The van der Waals surface area contributed by atoms with Crippen LogP contribution in [0.5, 0.6) is 0 Å². The molecule has 4 heteroatoms. The van der Waals surface area contributed by atoms with Gasteiger partial charge in [0.15, 0.2) is 5.78 Å². The summed E-state index contributed by atoms with van der Waals surface area (Å²) in [6.45, 7) is 5.41. The SMILES string of the molecule is CC(=O)c1cn(CC(C)(C)O)c2ncccc12. The standard InChI is InChI=1S/C13H16N2O2/c1-9(16)11-7-15(8-13(2,3)17)12-10(11)5-4-6-14-12/h4-7,17H,8H2,1-3H3. The molecule has 0 saturated carbocycles. The smallest absolute Gasteiger partial charge is 0.162 e. The second-order valence-corrected chi connectivity index (χ2v) is 4.91. The van der Waals surface area contributed by atoms with E-state index in [1.165, 1.54) is 6.92 Å². The summed E-state index contributed by atoms with van der Waals surface area (Å²) in [4.78, 5) is 15.8. The minimum absolute atomic E-state index is 0.0116. The van der Waals surface area contributed by atoms with E-state index in [1.54, 1.807) is 26.2 Å². The van der Waals surface area contributed by atoms with Crippen LogP contribution in [0.15, 0.2) is 24.5 Å². The van der Waals surface area contributed by atoms with E-state index in [0.717, 1.165) is 11.0 Å². The van der Waals surface area contributed by atoms with Gasteiger partial charge >= 0.3 is 0 Å². The van der Waals surface area contributed by atoms with Gasteiger partial charge in [0.25, 0.3) is 0 Å². The third-order valence-corrected chi connectivity index (χ3v) is 2.57. The highest BCUT2D eigenvalue weighted by molar-refractivity contribution is 6.06. The van der Waals surface area contributed by atoms with Gasteiger partial charge in [0.2, 0.25) is 0 Å². The second kappa shape index (κ2) is 3.96. The lowest BCUT2D eigenvalue weighted by Crippen LogP contribution is -2.25. The van der Waals surface area contributed by atoms with Crippen LogP contribution < -0.4 is 0 Å². The monoisotopic (exact) mass is 232 g/mol. The number of aliphatic hydroxyl groups is 1. The first-order valence-electron chi connectivity index (χ1n) is 5.56. The highest BCUT2D eigenvalue weighted by atomic mass is 16.3. The topological polar surface area (TPSA) is 55.1 Å². The van der Waals surface area contributed by atoms with Crippen molar-refractivity contribution in [3.05, 3.63) is 30.1 Å². The van der Waals surface area contributed by atoms with Crippen molar-refractivity contribution in [3.8, 4) is 0 Å². The fourth-order valence-electron chi connectivity index (χ4n) is 1.94. The molecule has 0 unspecified atom stereocenters. The summed E-state index contributed by atoms with van der Waals surface area (Å²) in [6, 6.07) is 3.68. The highest BCUT2D eigenvalue weighted by Crippen LogP contribution is 2.21. The predicted octanol–water partition coefficient (Wildman–Crippen LogP) is 2.01. The highest BCUT2D eigenvalue weighted by Gasteiger charge is 2.18. The summed E-state index contributed by atoms with van der Waals surface area (Å²) in [5.74, 6) is 0.0116. The maximum absolute atomic E-state index is 11.5. The third kappa shape index (κ3) is 2.36. The molecule has 2 rings (SSSR count). The zero-order valence-electron chi connectivity index (χ0n) is 10.3. The molecule has 0 fully saturated rings. The molecular formula is C13H16N2O2. The van der Waals surface area contributed by atoms with Crippen molar-refractivity contribution < 1.29 is 9.90 Å². The van der Waals surface area contributed by atoms with Gasteiger partial charge in [-0.15, -0.1) is 0 Å². The van der Waals surface area contributed by atoms with Gasteiger partial charge in [0.05, 0.1) is 12.1 Å². The normalized spacial score (nSPS) is 12.0. The Morgan fingerprint density at radius 1 is 1.53 bits per heavy atom. The van der Waals surface area contributed by atoms with Gasteiger partial charge in [0.1, 0.15) is 5.65 Å². The minimum Gasteiger partial charge on any atom is -0.389 e. The third-order valence-electron chi connectivity index (χ3n) is 2.57. The molecule has 0 amide bonds. The molecule has 0 bridgehead atoms. The van der Waals surface area contributed by atoms with E-state index < -0.39 is 5.60 Å².